The van der Waals surface area contributed by atoms with Crippen LogP contribution in [0.25, 0.3) is 0 Å². The van der Waals surface area contributed by atoms with Crippen LogP contribution in [0.3, 0.4) is 0 Å². The summed E-state index contributed by atoms with van der Waals surface area (Å²) in [6, 6.07) is 3.22. The standard InChI is InChI=1S/C18H21ClFNO7S/c1-11(2)28-18(23)27-10-26-17(22)13-5-3-4-6-16(13)29(24,25)21-15-8-7-12(20)9-14(15)19/h5,7-9,11,16,21H,3-4,6,10H2,1-2H3. The molecule has 0 fully saturated rings. The van der Waals surface area contributed by atoms with Gasteiger partial charge in [-0.2, -0.15) is 0 Å². The molecule has 1 aromatic rings. The number of sulfonamides is 1. The van der Waals surface area contributed by atoms with Crippen LogP contribution in [0.5, 0.6) is 0 Å². The van der Waals surface area contributed by atoms with E-state index in [1.807, 2.05) is 0 Å². The highest BCUT2D eigenvalue weighted by Gasteiger charge is 2.35. The highest BCUT2D eigenvalue weighted by atomic mass is 35.5. The van der Waals surface area contributed by atoms with Crippen LogP contribution >= 0.6 is 11.6 Å². The van der Waals surface area contributed by atoms with Crippen LogP contribution < -0.4 is 4.72 Å². The lowest BCUT2D eigenvalue weighted by molar-refractivity contribution is -0.149. The summed E-state index contributed by atoms with van der Waals surface area (Å²) in [5.74, 6) is -1.54. The average Bonchev–Trinajstić information content (AvgIpc) is 2.63. The van der Waals surface area contributed by atoms with Gasteiger partial charge in [-0.25, -0.2) is 22.4 Å². The van der Waals surface area contributed by atoms with Crippen LogP contribution in [0.15, 0.2) is 29.8 Å². The predicted octanol–water partition coefficient (Wildman–Crippen LogP) is 3.76. The fourth-order valence-corrected chi connectivity index (χ4v) is 4.52. The number of esters is 1. The molecule has 0 amide bonds. The second-order valence-electron chi connectivity index (χ2n) is 6.46. The molecule has 160 valence electrons. The molecule has 0 aliphatic heterocycles. The van der Waals surface area contributed by atoms with E-state index < -0.39 is 46.1 Å². The predicted molar refractivity (Wildman–Crippen MR) is 103 cm³/mol. The largest absolute Gasteiger partial charge is 0.511 e. The van der Waals surface area contributed by atoms with Crippen molar-refractivity contribution < 1.29 is 36.6 Å². The molecular formula is C18H21ClFNO7S. The van der Waals surface area contributed by atoms with Crippen LogP contribution in [-0.2, 0) is 29.0 Å². The Bertz CT molecular complexity index is 901. The summed E-state index contributed by atoms with van der Waals surface area (Å²) in [4.78, 5) is 23.6. The third-order valence-electron chi connectivity index (χ3n) is 3.87. The van der Waals surface area contributed by atoms with Crippen molar-refractivity contribution in [3.8, 4) is 0 Å². The molecule has 0 aromatic heterocycles. The number of hydrogen-bond donors (Lipinski definition) is 1. The number of allylic oxidation sites excluding steroid dienone is 1. The minimum atomic E-state index is -4.08. The molecule has 0 saturated carbocycles. The maximum absolute atomic E-state index is 13.2. The number of halogens is 2. The first-order chi connectivity index (χ1) is 13.6. The maximum Gasteiger partial charge on any atom is 0.511 e. The van der Waals surface area contributed by atoms with Crippen molar-refractivity contribution in [1.82, 2.24) is 0 Å². The Morgan fingerprint density at radius 2 is 2.03 bits per heavy atom. The van der Waals surface area contributed by atoms with Crippen LogP contribution in [0.2, 0.25) is 5.02 Å². The summed E-state index contributed by atoms with van der Waals surface area (Å²) in [6.45, 7) is 2.53. The number of ether oxygens (including phenoxy) is 3. The molecule has 0 spiro atoms. The summed E-state index contributed by atoms with van der Waals surface area (Å²) in [7, 11) is -4.08. The molecule has 0 radical (unpaired) electrons. The minimum absolute atomic E-state index is 0.00822. The van der Waals surface area contributed by atoms with Crippen molar-refractivity contribution in [2.45, 2.75) is 44.5 Å². The smallest absolute Gasteiger partial charge is 0.431 e. The monoisotopic (exact) mass is 449 g/mol. The highest BCUT2D eigenvalue weighted by molar-refractivity contribution is 7.93. The number of anilines is 1. The van der Waals surface area contributed by atoms with E-state index >= 15 is 0 Å². The van der Waals surface area contributed by atoms with Gasteiger partial charge in [-0.05, 0) is 51.3 Å². The first kappa shape index (κ1) is 23.0. The Labute approximate surface area is 173 Å². The molecule has 1 N–H and O–H groups in total. The van der Waals surface area contributed by atoms with E-state index in [2.05, 4.69) is 9.46 Å². The summed E-state index contributed by atoms with van der Waals surface area (Å²) in [5.41, 5.74) is -0.0890. The summed E-state index contributed by atoms with van der Waals surface area (Å²) >= 11 is 5.87. The molecule has 11 heteroatoms. The van der Waals surface area contributed by atoms with E-state index in [0.29, 0.717) is 12.8 Å². The zero-order valence-corrected chi connectivity index (χ0v) is 17.4. The number of nitrogens with one attached hydrogen (secondary N) is 1. The lowest BCUT2D eigenvalue weighted by Crippen LogP contribution is -2.35. The van der Waals surface area contributed by atoms with Gasteiger partial charge in [-0.15, -0.1) is 0 Å². The third-order valence-corrected chi connectivity index (χ3v) is 5.93. The number of carbonyl (C=O) groups is 2. The SMILES string of the molecule is CC(C)OC(=O)OCOC(=O)C1=CCCCC1S(=O)(=O)Nc1ccc(F)cc1Cl. The van der Waals surface area contributed by atoms with Crippen LogP contribution in [0, 0.1) is 5.82 Å². The normalized spacial score (nSPS) is 16.7. The average molecular weight is 450 g/mol. The molecule has 0 saturated heterocycles. The Morgan fingerprint density at radius 3 is 2.69 bits per heavy atom. The molecular weight excluding hydrogens is 429 g/mol. The Morgan fingerprint density at radius 1 is 1.31 bits per heavy atom. The van der Waals surface area contributed by atoms with Crippen LogP contribution in [0.1, 0.15) is 33.1 Å². The van der Waals surface area contributed by atoms with Gasteiger partial charge in [-0.1, -0.05) is 17.7 Å². The van der Waals surface area contributed by atoms with E-state index in [0.717, 1.165) is 12.1 Å². The Kier molecular flexibility index (Phi) is 7.86. The molecule has 2 rings (SSSR count). The fourth-order valence-electron chi connectivity index (χ4n) is 2.62. The van der Waals surface area contributed by atoms with Gasteiger partial charge in [0.15, 0.2) is 0 Å². The zero-order valence-electron chi connectivity index (χ0n) is 15.8. The van der Waals surface area contributed by atoms with E-state index in [1.54, 1.807) is 13.8 Å². The van der Waals surface area contributed by atoms with E-state index in [-0.39, 0.29) is 22.7 Å². The number of carbonyl (C=O) groups excluding carboxylic acids is 2. The molecule has 1 unspecified atom stereocenters. The van der Waals surface area contributed by atoms with Crippen molar-refractivity contribution >= 4 is 39.4 Å². The Hall–Kier alpha value is -2.33. The van der Waals surface area contributed by atoms with Crippen molar-refractivity contribution in [3.05, 3.63) is 40.7 Å². The lowest BCUT2D eigenvalue weighted by atomic mass is 9.99. The summed E-state index contributed by atoms with van der Waals surface area (Å²) in [5, 5.41) is -1.32. The molecule has 29 heavy (non-hydrogen) atoms. The highest BCUT2D eigenvalue weighted by Crippen LogP contribution is 2.30. The van der Waals surface area contributed by atoms with Gasteiger partial charge in [0.1, 0.15) is 11.1 Å². The molecule has 0 heterocycles. The molecule has 0 bridgehead atoms. The van der Waals surface area contributed by atoms with Crippen molar-refractivity contribution in [3.63, 3.8) is 0 Å². The summed E-state index contributed by atoms with van der Waals surface area (Å²) < 4.78 is 55.2. The molecule has 1 atom stereocenters. The van der Waals surface area contributed by atoms with Gasteiger partial charge in [0.2, 0.25) is 16.8 Å². The van der Waals surface area contributed by atoms with E-state index in [9.17, 15) is 22.4 Å². The number of rotatable bonds is 7. The van der Waals surface area contributed by atoms with E-state index in [1.165, 1.54) is 12.1 Å². The van der Waals surface area contributed by atoms with Crippen LogP contribution in [0.4, 0.5) is 14.9 Å². The second kappa shape index (κ2) is 9.93. The van der Waals surface area contributed by atoms with Crippen molar-refractivity contribution in [1.29, 1.82) is 0 Å². The fraction of sp³-hybridized carbons (Fsp3) is 0.444. The zero-order chi connectivity index (χ0) is 21.6. The van der Waals surface area contributed by atoms with Gasteiger partial charge in [0, 0.05) is 0 Å². The van der Waals surface area contributed by atoms with Gasteiger partial charge < -0.3 is 14.2 Å². The number of benzene rings is 1. The van der Waals surface area contributed by atoms with E-state index in [4.69, 9.17) is 21.1 Å². The van der Waals surface area contributed by atoms with Gasteiger partial charge in [-0.3, -0.25) is 4.72 Å². The summed E-state index contributed by atoms with van der Waals surface area (Å²) in [6.07, 6.45) is 1.25. The topological polar surface area (TPSA) is 108 Å². The maximum atomic E-state index is 13.2. The van der Waals surface area contributed by atoms with Crippen molar-refractivity contribution in [2.75, 3.05) is 11.5 Å². The lowest BCUT2D eigenvalue weighted by Gasteiger charge is -2.24. The van der Waals surface area contributed by atoms with Gasteiger partial charge in [0.25, 0.3) is 0 Å². The third kappa shape index (κ3) is 6.60. The Balaban J connectivity index is 2.06. The first-order valence-corrected chi connectivity index (χ1v) is 10.7. The number of hydrogen-bond acceptors (Lipinski definition) is 7. The molecule has 1 aromatic carbocycles. The van der Waals surface area contributed by atoms with Gasteiger partial charge >= 0.3 is 12.1 Å². The molecule has 1 aliphatic rings. The quantitative estimate of drug-likeness (QED) is 0.498. The van der Waals surface area contributed by atoms with Crippen LogP contribution in [-0.4, -0.2) is 38.7 Å². The molecule has 8 nitrogen and oxygen atoms in total. The minimum Gasteiger partial charge on any atom is -0.431 e. The second-order valence-corrected chi connectivity index (χ2v) is 8.73. The first-order valence-electron chi connectivity index (χ1n) is 8.77. The molecule has 1 aliphatic carbocycles. The van der Waals surface area contributed by atoms with Gasteiger partial charge in [0.05, 0.1) is 22.4 Å². The van der Waals surface area contributed by atoms with Crippen molar-refractivity contribution in [2.24, 2.45) is 0 Å².